The number of carbonyl (C=O) groups excluding carboxylic acids is 1. The molecule has 0 spiro atoms. The first-order valence-corrected chi connectivity index (χ1v) is 10.2. The average Bonchev–Trinajstić information content (AvgIpc) is 2.70. The fourth-order valence-electron chi connectivity index (χ4n) is 3.71. The number of benzene rings is 2. The lowest BCUT2D eigenvalue weighted by Gasteiger charge is -2.35. The number of carbonyl (C=O) groups is 1. The van der Waals surface area contributed by atoms with E-state index < -0.39 is 27.4 Å². The van der Waals surface area contributed by atoms with Crippen molar-refractivity contribution in [3.63, 3.8) is 0 Å². The van der Waals surface area contributed by atoms with Crippen LogP contribution < -0.4 is 10.2 Å². The minimum absolute atomic E-state index is 0.0348. The van der Waals surface area contributed by atoms with E-state index in [0.29, 0.717) is 32.2 Å². The molecule has 0 aromatic heterocycles. The maximum atomic E-state index is 13.1. The number of alkyl halides is 3. The number of aryl methyl sites for hydroxylation is 2. The molecule has 0 atom stereocenters. The number of para-hydroxylation sites is 1. The molecule has 0 bridgehead atoms. The number of piperazine rings is 1. The fraction of sp³-hybridized carbons (Fsp3) is 0.381. The molecule has 1 fully saturated rings. The number of nitrogens with one attached hydrogen (secondary N) is 1. The van der Waals surface area contributed by atoms with Gasteiger partial charge in [0.05, 0.1) is 22.1 Å². The number of nitrogens with zero attached hydrogens (tertiary/aromatic N) is 3. The lowest BCUT2D eigenvalue weighted by Crippen LogP contribution is -2.48. The van der Waals surface area contributed by atoms with E-state index in [4.69, 9.17) is 11.6 Å². The second kappa shape index (κ2) is 9.33. The van der Waals surface area contributed by atoms with E-state index >= 15 is 0 Å². The molecule has 2 aromatic carbocycles. The summed E-state index contributed by atoms with van der Waals surface area (Å²) < 4.78 is 39.2. The van der Waals surface area contributed by atoms with Gasteiger partial charge in [0.25, 0.3) is 5.69 Å². The number of amides is 1. The molecule has 2 aromatic rings. The maximum Gasteiger partial charge on any atom is 0.418 e. The Labute approximate surface area is 187 Å². The summed E-state index contributed by atoms with van der Waals surface area (Å²) in [7, 11) is 0. The van der Waals surface area contributed by atoms with E-state index in [1.165, 1.54) is 0 Å². The van der Waals surface area contributed by atoms with Crippen molar-refractivity contribution >= 4 is 34.6 Å². The van der Waals surface area contributed by atoms with Gasteiger partial charge in [-0.2, -0.15) is 13.2 Å². The minimum atomic E-state index is -4.79. The van der Waals surface area contributed by atoms with Crippen LogP contribution in [-0.2, 0) is 11.0 Å². The van der Waals surface area contributed by atoms with Gasteiger partial charge in [-0.3, -0.25) is 19.8 Å². The van der Waals surface area contributed by atoms with Crippen LogP contribution in [0.25, 0.3) is 0 Å². The number of halogens is 4. The number of rotatable bonds is 5. The van der Waals surface area contributed by atoms with Crippen LogP contribution >= 0.6 is 11.6 Å². The van der Waals surface area contributed by atoms with Gasteiger partial charge in [0.2, 0.25) is 5.91 Å². The third kappa shape index (κ3) is 5.31. The topological polar surface area (TPSA) is 78.7 Å². The molecule has 0 aliphatic carbocycles. The van der Waals surface area contributed by atoms with Crippen LogP contribution in [0.5, 0.6) is 0 Å². The smallest absolute Gasteiger partial charge is 0.363 e. The van der Waals surface area contributed by atoms with E-state index in [-0.39, 0.29) is 18.1 Å². The van der Waals surface area contributed by atoms with E-state index in [0.717, 1.165) is 22.9 Å². The summed E-state index contributed by atoms with van der Waals surface area (Å²) in [5.41, 5.74) is 0.822. The second-order valence-corrected chi connectivity index (χ2v) is 8.06. The van der Waals surface area contributed by atoms with Crippen LogP contribution in [0.3, 0.4) is 0 Å². The third-order valence-electron chi connectivity index (χ3n) is 5.39. The van der Waals surface area contributed by atoms with Crippen molar-refractivity contribution in [2.24, 2.45) is 0 Å². The SMILES string of the molecule is Cc1cccc(C)c1NC(=O)CN1CCN(c2cc(Cl)c(C(F)(F)F)cc2[N+](=O)[O-])CC1. The van der Waals surface area contributed by atoms with Crippen LogP contribution in [0, 0.1) is 24.0 Å². The molecule has 0 radical (unpaired) electrons. The predicted octanol–water partition coefficient (Wildman–Crippen LogP) is 4.64. The number of nitro benzene ring substituents is 1. The number of hydrogen-bond acceptors (Lipinski definition) is 5. The highest BCUT2D eigenvalue weighted by Crippen LogP contribution is 2.41. The summed E-state index contributed by atoms with van der Waals surface area (Å²) >= 11 is 5.78. The summed E-state index contributed by atoms with van der Waals surface area (Å²) in [5, 5.41) is 13.7. The van der Waals surface area contributed by atoms with Gasteiger partial charge in [-0.25, -0.2) is 0 Å². The molecular formula is C21H22ClF3N4O3. The van der Waals surface area contributed by atoms with Crippen LogP contribution in [0.4, 0.5) is 30.2 Å². The highest BCUT2D eigenvalue weighted by molar-refractivity contribution is 6.31. The molecule has 32 heavy (non-hydrogen) atoms. The van der Waals surface area contributed by atoms with Gasteiger partial charge in [0.15, 0.2) is 0 Å². The van der Waals surface area contributed by atoms with Gasteiger partial charge in [-0.1, -0.05) is 29.8 Å². The first-order chi connectivity index (χ1) is 15.0. The Kier molecular flexibility index (Phi) is 6.94. The number of hydrogen-bond donors (Lipinski definition) is 1. The van der Waals surface area contributed by atoms with Gasteiger partial charge in [0.1, 0.15) is 5.69 Å². The van der Waals surface area contributed by atoms with E-state index in [1.54, 1.807) is 4.90 Å². The van der Waals surface area contributed by atoms with E-state index in [9.17, 15) is 28.1 Å². The highest BCUT2D eigenvalue weighted by Gasteiger charge is 2.37. The molecule has 1 aliphatic heterocycles. The van der Waals surface area contributed by atoms with Gasteiger partial charge < -0.3 is 10.2 Å². The Bertz CT molecular complexity index is 1020. The van der Waals surface area contributed by atoms with E-state index in [2.05, 4.69) is 5.32 Å². The molecule has 1 amide bonds. The van der Waals surface area contributed by atoms with Crippen molar-refractivity contribution in [1.82, 2.24) is 4.90 Å². The summed E-state index contributed by atoms with van der Waals surface area (Å²) in [6, 6.07) is 7.19. The average molecular weight is 471 g/mol. The molecule has 1 heterocycles. The number of anilines is 2. The van der Waals surface area contributed by atoms with Crippen molar-refractivity contribution in [3.8, 4) is 0 Å². The molecule has 3 rings (SSSR count). The normalized spacial score (nSPS) is 15.0. The zero-order chi connectivity index (χ0) is 23.6. The molecule has 1 aliphatic rings. The van der Waals surface area contributed by atoms with Gasteiger partial charge >= 0.3 is 6.18 Å². The van der Waals surface area contributed by atoms with Crippen molar-refractivity contribution in [1.29, 1.82) is 0 Å². The van der Waals surface area contributed by atoms with Crippen molar-refractivity contribution in [3.05, 3.63) is 62.2 Å². The molecule has 172 valence electrons. The van der Waals surface area contributed by atoms with Gasteiger partial charge in [-0.15, -0.1) is 0 Å². The van der Waals surface area contributed by atoms with Gasteiger partial charge in [-0.05, 0) is 31.0 Å². The molecule has 0 saturated carbocycles. The zero-order valence-corrected chi connectivity index (χ0v) is 18.3. The third-order valence-corrected chi connectivity index (χ3v) is 5.70. The van der Waals surface area contributed by atoms with Crippen LogP contribution in [0.15, 0.2) is 30.3 Å². The largest absolute Gasteiger partial charge is 0.418 e. The second-order valence-electron chi connectivity index (χ2n) is 7.65. The van der Waals surface area contributed by atoms with Crippen LogP contribution in [-0.4, -0.2) is 48.5 Å². The van der Waals surface area contributed by atoms with Crippen molar-refractivity contribution in [2.75, 3.05) is 42.9 Å². The Morgan fingerprint density at radius 1 is 1.16 bits per heavy atom. The van der Waals surface area contributed by atoms with Crippen LogP contribution in [0.1, 0.15) is 16.7 Å². The zero-order valence-electron chi connectivity index (χ0n) is 17.5. The monoisotopic (exact) mass is 470 g/mol. The Morgan fingerprint density at radius 3 is 2.28 bits per heavy atom. The predicted molar refractivity (Wildman–Crippen MR) is 116 cm³/mol. The lowest BCUT2D eigenvalue weighted by atomic mass is 10.1. The minimum Gasteiger partial charge on any atom is -0.363 e. The molecule has 1 saturated heterocycles. The first-order valence-electron chi connectivity index (χ1n) is 9.86. The molecule has 1 N–H and O–H groups in total. The summed E-state index contributed by atoms with van der Waals surface area (Å²) in [6.07, 6.45) is -4.79. The first kappa shape index (κ1) is 23.8. The molecular weight excluding hydrogens is 449 g/mol. The molecule has 0 unspecified atom stereocenters. The van der Waals surface area contributed by atoms with E-state index in [1.807, 2.05) is 36.9 Å². The Balaban J connectivity index is 1.67. The summed E-state index contributed by atoms with van der Waals surface area (Å²) in [6.45, 7) is 5.38. The van der Waals surface area contributed by atoms with Crippen molar-refractivity contribution < 1.29 is 22.9 Å². The summed E-state index contributed by atoms with van der Waals surface area (Å²) in [5.74, 6) is -0.181. The number of nitro groups is 1. The van der Waals surface area contributed by atoms with Gasteiger partial charge in [0, 0.05) is 37.9 Å². The Hall–Kier alpha value is -2.85. The summed E-state index contributed by atoms with van der Waals surface area (Å²) in [4.78, 5) is 26.5. The standard InChI is InChI=1S/C21H22ClF3N4O3/c1-13-4-3-5-14(2)20(13)26-19(30)12-27-6-8-28(9-7-27)17-11-16(22)15(21(23,24)25)10-18(17)29(31)32/h3-5,10-11H,6-9,12H2,1-2H3,(H,26,30). The molecule has 11 heteroatoms. The molecule has 7 nitrogen and oxygen atoms in total. The maximum absolute atomic E-state index is 13.1. The quantitative estimate of drug-likeness (QED) is 0.508. The lowest BCUT2D eigenvalue weighted by molar-refractivity contribution is -0.384. The van der Waals surface area contributed by atoms with Crippen molar-refractivity contribution in [2.45, 2.75) is 20.0 Å². The Morgan fingerprint density at radius 2 is 1.75 bits per heavy atom. The highest BCUT2D eigenvalue weighted by atomic mass is 35.5. The fourth-order valence-corrected chi connectivity index (χ4v) is 3.97. The van der Waals surface area contributed by atoms with Crippen LogP contribution in [0.2, 0.25) is 5.02 Å².